The van der Waals surface area contributed by atoms with Gasteiger partial charge in [-0.3, -0.25) is 4.90 Å². The van der Waals surface area contributed by atoms with E-state index in [2.05, 4.69) is 30.9 Å². The summed E-state index contributed by atoms with van der Waals surface area (Å²) in [5.74, 6) is 0.530. The van der Waals surface area contributed by atoms with Crippen molar-refractivity contribution in [1.82, 2.24) is 4.90 Å². The van der Waals surface area contributed by atoms with Gasteiger partial charge in [0.1, 0.15) is 0 Å². The van der Waals surface area contributed by atoms with Crippen molar-refractivity contribution < 1.29 is 34.1 Å². The van der Waals surface area contributed by atoms with Crippen LogP contribution in [0.4, 0.5) is 0 Å². The fourth-order valence-electron chi connectivity index (χ4n) is 5.38. The summed E-state index contributed by atoms with van der Waals surface area (Å²) in [4.78, 5) is 4.97. The Labute approximate surface area is 242 Å². The number of hydrogen-bond acceptors (Lipinski definition) is 5. The van der Waals surface area contributed by atoms with Crippen LogP contribution in [0.1, 0.15) is 63.0 Å². The summed E-state index contributed by atoms with van der Waals surface area (Å²) in [6.45, 7) is 11.3. The van der Waals surface area contributed by atoms with Crippen LogP contribution in [0.15, 0.2) is 64.4 Å². The van der Waals surface area contributed by atoms with Crippen LogP contribution in [0.5, 0.6) is 0 Å². The first-order valence-electron chi connectivity index (χ1n) is 13.9. The molecule has 0 spiro atoms. The fraction of sp³-hybridized carbons (Fsp3) is 0.533. The summed E-state index contributed by atoms with van der Waals surface area (Å²) in [5.41, 5.74) is 3.50. The number of likely N-dealkylation sites (tertiary alicyclic amines) is 1. The molecule has 2 aromatic rings. The van der Waals surface area contributed by atoms with Gasteiger partial charge >= 0.3 is 0 Å². The van der Waals surface area contributed by atoms with Gasteiger partial charge in [-0.25, -0.2) is 16.8 Å². The Hall–Kier alpha value is -1.71. The first-order chi connectivity index (χ1) is 18.0. The van der Waals surface area contributed by atoms with E-state index in [4.69, 9.17) is 0 Å². The molecular weight excluding hydrogens is 552 g/mol. The molecule has 0 aromatic heterocycles. The molecule has 2 aromatic carbocycles. The third-order valence-corrected chi connectivity index (χ3v) is 9.74. The molecule has 2 heterocycles. The van der Waals surface area contributed by atoms with Crippen molar-refractivity contribution in [3.63, 3.8) is 0 Å². The normalized spacial score (nSPS) is 20.3. The highest BCUT2D eigenvalue weighted by atomic mass is 35.5. The Balaban J connectivity index is 0.000000267. The van der Waals surface area contributed by atoms with E-state index < -0.39 is 19.7 Å². The van der Waals surface area contributed by atoms with Gasteiger partial charge in [0.25, 0.3) is 0 Å². The molecule has 2 aliphatic rings. The van der Waals surface area contributed by atoms with Gasteiger partial charge < -0.3 is 17.3 Å². The molecule has 0 bridgehead atoms. The first kappa shape index (κ1) is 33.5. The predicted molar refractivity (Wildman–Crippen MR) is 156 cm³/mol. The van der Waals surface area contributed by atoms with Crippen molar-refractivity contribution in [1.29, 1.82) is 0 Å². The Morgan fingerprint density at radius 3 is 2.03 bits per heavy atom. The Kier molecular flexibility index (Phi) is 13.2. The summed E-state index contributed by atoms with van der Waals surface area (Å²) in [6.07, 6.45) is 10.5. The molecule has 0 aliphatic carbocycles. The highest BCUT2D eigenvalue weighted by molar-refractivity contribution is 7.91. The molecule has 4 rings (SSSR count). The van der Waals surface area contributed by atoms with E-state index in [1.54, 1.807) is 23.1 Å². The highest BCUT2D eigenvalue weighted by Gasteiger charge is 2.23. The lowest BCUT2D eigenvalue weighted by Gasteiger charge is -2.29. The molecular formula is C30H45ClN2O4S2. The summed E-state index contributed by atoms with van der Waals surface area (Å²) in [6, 6.07) is 14.8. The predicted octanol–water partition coefficient (Wildman–Crippen LogP) is 0.856. The number of benzene rings is 2. The molecule has 1 saturated heterocycles. The quantitative estimate of drug-likeness (QED) is 0.489. The minimum Gasteiger partial charge on any atom is -1.00 e. The Morgan fingerprint density at radius 2 is 1.49 bits per heavy atom. The van der Waals surface area contributed by atoms with Gasteiger partial charge in [-0.2, -0.15) is 0 Å². The summed E-state index contributed by atoms with van der Waals surface area (Å²) in [5, 5.41) is 0. The number of quaternary nitrogens is 1. The second-order valence-electron chi connectivity index (χ2n) is 10.7. The minimum atomic E-state index is -3.12. The number of nitrogens with one attached hydrogen (secondary N) is 1. The van der Waals surface area contributed by atoms with Crippen molar-refractivity contribution in [2.45, 2.75) is 61.7 Å². The monoisotopic (exact) mass is 596 g/mol. The SMILES string of the molecule is CCCN1CC=C(c2cccc(S(C)(=O)=O)c2)CC1.CCC[NH+]1CCC(c2cccc(S(C)(=O)=O)c2)CC1.[Cl-]. The molecule has 0 unspecified atom stereocenters. The maximum absolute atomic E-state index is 11.6. The molecule has 0 amide bonds. The van der Waals surface area contributed by atoms with Crippen molar-refractivity contribution in [3.8, 4) is 0 Å². The zero-order valence-electron chi connectivity index (χ0n) is 23.8. The van der Waals surface area contributed by atoms with Crippen LogP contribution < -0.4 is 17.3 Å². The lowest BCUT2D eigenvalue weighted by atomic mass is 9.89. The Morgan fingerprint density at radius 1 is 0.872 bits per heavy atom. The van der Waals surface area contributed by atoms with E-state index in [1.165, 1.54) is 69.0 Å². The number of halogens is 1. The molecule has 218 valence electrons. The molecule has 2 aliphatic heterocycles. The lowest BCUT2D eigenvalue weighted by Crippen LogP contribution is -3.13. The van der Waals surface area contributed by atoms with Crippen molar-refractivity contribution >= 4 is 25.2 Å². The van der Waals surface area contributed by atoms with Gasteiger partial charge in [0.15, 0.2) is 19.7 Å². The largest absolute Gasteiger partial charge is 1.00 e. The minimum absolute atomic E-state index is 0. The standard InChI is InChI=1S/C15H23NO2S.C15H21NO2S.ClH/c2*1-3-9-16-10-7-13(8-11-16)14-5-4-6-15(12-14)19(2,17)18;/h4-6,12-13H,3,7-11H2,1-2H3;4-7,12H,3,8-11H2,1-2H3;1H. The zero-order valence-corrected chi connectivity index (χ0v) is 26.2. The maximum Gasteiger partial charge on any atom is 0.175 e. The maximum atomic E-state index is 11.6. The van der Waals surface area contributed by atoms with Gasteiger partial charge in [0.05, 0.1) is 29.4 Å². The van der Waals surface area contributed by atoms with Crippen LogP contribution in [0, 0.1) is 0 Å². The van der Waals surface area contributed by atoms with Gasteiger partial charge in [0, 0.05) is 38.4 Å². The van der Waals surface area contributed by atoms with E-state index in [0.29, 0.717) is 15.7 Å². The summed E-state index contributed by atoms with van der Waals surface area (Å²) < 4.78 is 46.4. The molecule has 0 radical (unpaired) electrons. The molecule has 9 heteroatoms. The van der Waals surface area contributed by atoms with E-state index in [9.17, 15) is 16.8 Å². The smallest absolute Gasteiger partial charge is 0.175 e. The second-order valence-corrected chi connectivity index (χ2v) is 14.7. The first-order valence-corrected chi connectivity index (χ1v) is 17.6. The number of rotatable bonds is 8. The molecule has 0 atom stereocenters. The van der Waals surface area contributed by atoms with Crippen LogP contribution in [0.2, 0.25) is 0 Å². The van der Waals surface area contributed by atoms with Gasteiger partial charge in [-0.1, -0.05) is 44.2 Å². The third kappa shape index (κ3) is 10.3. The van der Waals surface area contributed by atoms with Crippen LogP contribution >= 0.6 is 0 Å². The average molecular weight is 597 g/mol. The molecule has 1 N–H and O–H groups in total. The summed E-state index contributed by atoms with van der Waals surface area (Å²) in [7, 11) is -6.21. The van der Waals surface area contributed by atoms with E-state index >= 15 is 0 Å². The van der Waals surface area contributed by atoms with E-state index in [-0.39, 0.29) is 12.4 Å². The van der Waals surface area contributed by atoms with Crippen molar-refractivity contribution in [2.24, 2.45) is 0 Å². The van der Waals surface area contributed by atoms with Crippen LogP contribution in [-0.2, 0) is 19.7 Å². The zero-order chi connectivity index (χ0) is 27.8. The molecule has 6 nitrogen and oxygen atoms in total. The third-order valence-electron chi connectivity index (χ3n) is 7.52. The number of nitrogens with zero attached hydrogens (tertiary/aromatic N) is 1. The average Bonchev–Trinajstić information content (AvgIpc) is 2.90. The lowest BCUT2D eigenvalue weighted by molar-refractivity contribution is -0.905. The van der Waals surface area contributed by atoms with Gasteiger partial charge in [-0.05, 0) is 72.7 Å². The molecule has 1 fully saturated rings. The van der Waals surface area contributed by atoms with Crippen LogP contribution in [0.25, 0.3) is 5.57 Å². The second kappa shape index (κ2) is 15.3. The van der Waals surface area contributed by atoms with Crippen LogP contribution in [-0.4, -0.2) is 73.5 Å². The van der Waals surface area contributed by atoms with Gasteiger partial charge in [-0.15, -0.1) is 0 Å². The number of hydrogen-bond donors (Lipinski definition) is 1. The topological polar surface area (TPSA) is 76.0 Å². The summed E-state index contributed by atoms with van der Waals surface area (Å²) >= 11 is 0. The van der Waals surface area contributed by atoms with E-state index in [1.807, 2.05) is 24.3 Å². The molecule has 0 saturated carbocycles. The van der Waals surface area contributed by atoms with Gasteiger partial charge in [0.2, 0.25) is 0 Å². The highest BCUT2D eigenvalue weighted by Crippen LogP contribution is 2.26. The van der Waals surface area contributed by atoms with Crippen molar-refractivity contribution in [2.75, 3.05) is 51.8 Å². The number of piperidine rings is 1. The fourth-order valence-corrected chi connectivity index (χ4v) is 6.72. The van der Waals surface area contributed by atoms with Crippen LogP contribution in [0.3, 0.4) is 0 Å². The number of sulfone groups is 2. The van der Waals surface area contributed by atoms with E-state index in [0.717, 1.165) is 31.6 Å². The Bertz CT molecular complexity index is 1300. The molecule has 39 heavy (non-hydrogen) atoms. The van der Waals surface area contributed by atoms with Crippen molar-refractivity contribution in [3.05, 3.63) is 65.7 Å².